The van der Waals surface area contributed by atoms with E-state index in [1.807, 2.05) is 6.92 Å². The lowest BCUT2D eigenvalue weighted by molar-refractivity contribution is -0.151. The van der Waals surface area contributed by atoms with Crippen molar-refractivity contribution in [1.29, 1.82) is 0 Å². The highest BCUT2D eigenvalue weighted by molar-refractivity contribution is 5.75. The van der Waals surface area contributed by atoms with Gasteiger partial charge in [0.1, 0.15) is 6.04 Å². The summed E-state index contributed by atoms with van der Waals surface area (Å²) in [7, 11) is 0. The van der Waals surface area contributed by atoms with Crippen molar-refractivity contribution < 1.29 is 9.53 Å². The number of nitrogens with zero attached hydrogens (tertiary/aromatic N) is 1. The quantitative estimate of drug-likeness (QED) is 0.687. The predicted octanol–water partition coefficient (Wildman–Crippen LogP) is 2.17. The first-order valence-corrected chi connectivity index (χ1v) is 7.81. The zero-order valence-electron chi connectivity index (χ0n) is 12.7. The van der Waals surface area contributed by atoms with Crippen LogP contribution in [0.5, 0.6) is 0 Å². The third kappa shape index (κ3) is 4.18. The molecule has 1 fully saturated rings. The van der Waals surface area contributed by atoms with Gasteiger partial charge in [-0.05, 0) is 45.2 Å². The summed E-state index contributed by atoms with van der Waals surface area (Å²) in [4.78, 5) is 14.5. The van der Waals surface area contributed by atoms with Crippen LogP contribution in [0, 0.1) is 5.92 Å². The van der Waals surface area contributed by atoms with Crippen molar-refractivity contribution in [1.82, 2.24) is 4.90 Å². The van der Waals surface area contributed by atoms with Gasteiger partial charge in [0.25, 0.3) is 0 Å². The molecule has 0 saturated heterocycles. The molecule has 3 unspecified atom stereocenters. The fourth-order valence-electron chi connectivity index (χ4n) is 3.35. The summed E-state index contributed by atoms with van der Waals surface area (Å²) in [6, 6.07) is 0.364. The van der Waals surface area contributed by atoms with Gasteiger partial charge in [-0.1, -0.05) is 26.7 Å². The Labute approximate surface area is 117 Å². The molecule has 0 bridgehead atoms. The van der Waals surface area contributed by atoms with Gasteiger partial charge in [0.05, 0.1) is 6.61 Å². The number of hydrogen-bond donors (Lipinski definition) is 1. The summed E-state index contributed by atoms with van der Waals surface area (Å²) < 4.78 is 5.26. The molecule has 0 aromatic rings. The third-order valence-electron chi connectivity index (χ3n) is 4.23. The molecule has 1 rings (SSSR count). The third-order valence-corrected chi connectivity index (χ3v) is 4.23. The smallest absolute Gasteiger partial charge is 0.323 e. The fraction of sp³-hybridized carbons (Fsp3) is 0.933. The standard InChI is InChI=1S/C15H30N2O2/c1-4-8-14(15(18)19-6-3)17(5-2)13-10-7-9-12(13)11-16/h12-14H,4-11,16H2,1-3H3. The van der Waals surface area contributed by atoms with Crippen molar-refractivity contribution in [3.05, 3.63) is 0 Å². The average molecular weight is 270 g/mol. The minimum Gasteiger partial charge on any atom is -0.465 e. The zero-order chi connectivity index (χ0) is 14.3. The molecule has 1 aliphatic carbocycles. The van der Waals surface area contributed by atoms with Crippen LogP contribution in [0.3, 0.4) is 0 Å². The van der Waals surface area contributed by atoms with E-state index in [1.165, 1.54) is 12.8 Å². The first-order valence-electron chi connectivity index (χ1n) is 7.81. The second kappa shape index (κ2) is 8.54. The van der Waals surface area contributed by atoms with E-state index in [4.69, 9.17) is 10.5 Å². The highest BCUT2D eigenvalue weighted by atomic mass is 16.5. The lowest BCUT2D eigenvalue weighted by atomic mass is 9.99. The summed E-state index contributed by atoms with van der Waals surface area (Å²) in [5, 5.41) is 0. The largest absolute Gasteiger partial charge is 0.465 e. The van der Waals surface area contributed by atoms with Crippen LogP contribution in [0.2, 0.25) is 0 Å². The fourth-order valence-corrected chi connectivity index (χ4v) is 3.35. The van der Waals surface area contributed by atoms with Gasteiger partial charge in [0.2, 0.25) is 0 Å². The Hall–Kier alpha value is -0.610. The van der Waals surface area contributed by atoms with Gasteiger partial charge in [0, 0.05) is 6.04 Å². The van der Waals surface area contributed by atoms with Crippen LogP contribution in [-0.2, 0) is 9.53 Å². The Morgan fingerprint density at radius 3 is 2.63 bits per heavy atom. The Morgan fingerprint density at radius 1 is 1.37 bits per heavy atom. The molecule has 4 heteroatoms. The molecule has 2 N–H and O–H groups in total. The van der Waals surface area contributed by atoms with Crippen LogP contribution in [0.25, 0.3) is 0 Å². The van der Waals surface area contributed by atoms with Crippen LogP contribution >= 0.6 is 0 Å². The molecule has 1 aliphatic rings. The second-order valence-electron chi connectivity index (χ2n) is 5.38. The van der Waals surface area contributed by atoms with Gasteiger partial charge in [-0.3, -0.25) is 9.69 Å². The molecule has 19 heavy (non-hydrogen) atoms. The van der Waals surface area contributed by atoms with Crippen LogP contribution in [0.1, 0.15) is 52.9 Å². The maximum Gasteiger partial charge on any atom is 0.323 e. The maximum absolute atomic E-state index is 12.2. The van der Waals surface area contributed by atoms with Gasteiger partial charge in [-0.2, -0.15) is 0 Å². The number of rotatable bonds is 8. The Kier molecular flexibility index (Phi) is 7.39. The summed E-state index contributed by atoms with van der Waals surface area (Å²) in [5.41, 5.74) is 5.88. The maximum atomic E-state index is 12.2. The molecule has 3 atom stereocenters. The van der Waals surface area contributed by atoms with E-state index < -0.39 is 0 Å². The van der Waals surface area contributed by atoms with Crippen molar-refractivity contribution in [2.45, 2.75) is 65.0 Å². The van der Waals surface area contributed by atoms with Crippen LogP contribution < -0.4 is 5.73 Å². The second-order valence-corrected chi connectivity index (χ2v) is 5.38. The minimum absolute atomic E-state index is 0.0612. The Balaban J connectivity index is 2.79. The van der Waals surface area contributed by atoms with Gasteiger partial charge < -0.3 is 10.5 Å². The van der Waals surface area contributed by atoms with Crippen molar-refractivity contribution in [3.8, 4) is 0 Å². The number of likely N-dealkylation sites (N-methyl/N-ethyl adjacent to an activating group) is 1. The molecule has 0 heterocycles. The van der Waals surface area contributed by atoms with E-state index >= 15 is 0 Å². The van der Waals surface area contributed by atoms with Crippen LogP contribution in [0.4, 0.5) is 0 Å². The summed E-state index contributed by atoms with van der Waals surface area (Å²) >= 11 is 0. The van der Waals surface area contributed by atoms with Crippen LogP contribution in [0.15, 0.2) is 0 Å². The summed E-state index contributed by atoms with van der Waals surface area (Å²) in [6.07, 6.45) is 5.46. The van der Waals surface area contributed by atoms with Crippen LogP contribution in [-0.4, -0.2) is 42.6 Å². The normalized spacial score (nSPS) is 24.7. The molecule has 1 saturated carbocycles. The van der Waals surface area contributed by atoms with Crippen molar-refractivity contribution >= 4 is 5.97 Å². The van der Waals surface area contributed by atoms with E-state index in [2.05, 4.69) is 18.7 Å². The predicted molar refractivity (Wildman–Crippen MR) is 77.9 cm³/mol. The molecular weight excluding hydrogens is 240 g/mol. The topological polar surface area (TPSA) is 55.6 Å². The van der Waals surface area contributed by atoms with E-state index in [9.17, 15) is 4.79 Å². The average Bonchev–Trinajstić information content (AvgIpc) is 2.87. The lowest BCUT2D eigenvalue weighted by Crippen LogP contribution is -2.50. The van der Waals surface area contributed by atoms with Gasteiger partial charge >= 0.3 is 5.97 Å². The molecule has 0 radical (unpaired) electrons. The van der Waals surface area contributed by atoms with E-state index in [-0.39, 0.29) is 12.0 Å². The van der Waals surface area contributed by atoms with Crippen molar-refractivity contribution in [2.75, 3.05) is 19.7 Å². The SMILES string of the molecule is CCCC(C(=O)OCC)N(CC)C1CCCC1CN. The molecular formula is C15H30N2O2. The number of esters is 1. The van der Waals surface area contributed by atoms with Gasteiger partial charge in [0.15, 0.2) is 0 Å². The zero-order valence-corrected chi connectivity index (χ0v) is 12.7. The summed E-state index contributed by atoms with van der Waals surface area (Å²) in [5.74, 6) is 0.475. The van der Waals surface area contributed by atoms with Crippen molar-refractivity contribution in [3.63, 3.8) is 0 Å². The highest BCUT2D eigenvalue weighted by Gasteiger charge is 2.36. The number of carbonyl (C=O) groups is 1. The number of hydrogen-bond acceptors (Lipinski definition) is 4. The number of nitrogens with two attached hydrogens (primary N) is 1. The molecule has 112 valence electrons. The first kappa shape index (κ1) is 16.4. The monoisotopic (exact) mass is 270 g/mol. The molecule has 0 amide bonds. The Morgan fingerprint density at radius 2 is 2.11 bits per heavy atom. The van der Waals surface area contributed by atoms with Gasteiger partial charge in [-0.25, -0.2) is 0 Å². The summed E-state index contributed by atoms with van der Waals surface area (Å²) in [6.45, 7) is 8.20. The van der Waals surface area contributed by atoms with Crippen molar-refractivity contribution in [2.24, 2.45) is 11.7 Å². The number of ether oxygens (including phenoxy) is 1. The van der Waals surface area contributed by atoms with E-state index in [0.717, 1.165) is 32.4 Å². The first-order chi connectivity index (χ1) is 9.19. The van der Waals surface area contributed by atoms with Gasteiger partial charge in [-0.15, -0.1) is 0 Å². The Bertz CT molecular complexity index is 271. The van der Waals surface area contributed by atoms with E-state index in [0.29, 0.717) is 18.6 Å². The molecule has 0 aromatic heterocycles. The number of carbonyl (C=O) groups excluding carboxylic acids is 1. The highest BCUT2D eigenvalue weighted by Crippen LogP contribution is 2.31. The molecule has 0 spiro atoms. The molecule has 0 aliphatic heterocycles. The molecule has 4 nitrogen and oxygen atoms in total. The minimum atomic E-state index is -0.0906. The molecule has 0 aromatic carbocycles. The van der Waals surface area contributed by atoms with E-state index in [1.54, 1.807) is 0 Å². The lowest BCUT2D eigenvalue weighted by Gasteiger charge is -2.37.